The van der Waals surface area contributed by atoms with E-state index in [4.69, 9.17) is 0 Å². The molecule has 17 heavy (non-hydrogen) atoms. The maximum atomic E-state index is 4.46. The summed E-state index contributed by atoms with van der Waals surface area (Å²) in [7, 11) is 0. The summed E-state index contributed by atoms with van der Waals surface area (Å²) in [5.74, 6) is 0.920. The molecule has 1 heteroatoms. The Labute approximate surface area is 105 Å². The van der Waals surface area contributed by atoms with Gasteiger partial charge in [-0.2, -0.15) is 0 Å². The van der Waals surface area contributed by atoms with Crippen molar-refractivity contribution in [1.29, 1.82) is 0 Å². The number of allylic oxidation sites excluding steroid dienone is 5. The van der Waals surface area contributed by atoms with Gasteiger partial charge in [0.05, 0.1) is 0 Å². The monoisotopic (exact) mass is 227 g/mol. The van der Waals surface area contributed by atoms with Crippen molar-refractivity contribution in [2.75, 3.05) is 0 Å². The summed E-state index contributed by atoms with van der Waals surface area (Å²) >= 11 is 0. The van der Waals surface area contributed by atoms with Crippen molar-refractivity contribution in [3.8, 4) is 0 Å². The Bertz CT molecular complexity index is 399. The molecule has 0 N–H and O–H groups in total. The van der Waals surface area contributed by atoms with Gasteiger partial charge in [0.2, 0.25) is 0 Å². The van der Waals surface area contributed by atoms with E-state index in [1.807, 2.05) is 30.5 Å². The van der Waals surface area contributed by atoms with Crippen molar-refractivity contribution in [2.45, 2.75) is 26.7 Å². The van der Waals surface area contributed by atoms with Gasteiger partial charge in [0, 0.05) is 17.8 Å². The second-order valence-electron chi connectivity index (χ2n) is 4.51. The number of aromatic nitrogens is 1. The lowest BCUT2D eigenvalue weighted by Gasteiger charge is -2.21. The van der Waals surface area contributed by atoms with Gasteiger partial charge in [-0.15, -0.1) is 0 Å². The van der Waals surface area contributed by atoms with Crippen LogP contribution in [0.15, 0.2) is 60.9 Å². The van der Waals surface area contributed by atoms with Crippen LogP contribution >= 0.6 is 0 Å². The molecule has 0 amide bonds. The van der Waals surface area contributed by atoms with Crippen LogP contribution in [0.4, 0.5) is 0 Å². The van der Waals surface area contributed by atoms with E-state index in [0.717, 1.165) is 5.69 Å². The molecule has 1 atom stereocenters. The zero-order valence-corrected chi connectivity index (χ0v) is 10.9. The lowest BCUT2D eigenvalue weighted by Crippen LogP contribution is -2.09. The summed E-state index contributed by atoms with van der Waals surface area (Å²) in [4.78, 5) is 4.46. The topological polar surface area (TPSA) is 12.9 Å². The predicted molar refractivity (Wildman–Crippen MR) is 74.9 cm³/mol. The maximum absolute atomic E-state index is 4.46. The SMILES string of the molecule is C=C/C=C\C=C(/C)C(c1ccccn1)C(C)C. The van der Waals surface area contributed by atoms with Gasteiger partial charge in [0.15, 0.2) is 0 Å². The Morgan fingerprint density at radius 2 is 2.06 bits per heavy atom. The van der Waals surface area contributed by atoms with Crippen LogP contribution < -0.4 is 0 Å². The van der Waals surface area contributed by atoms with Gasteiger partial charge in [-0.3, -0.25) is 4.98 Å². The van der Waals surface area contributed by atoms with Gasteiger partial charge < -0.3 is 0 Å². The van der Waals surface area contributed by atoms with Crippen LogP contribution in [0.25, 0.3) is 0 Å². The normalized spacial score (nSPS) is 14.2. The number of nitrogens with zero attached hydrogens (tertiary/aromatic N) is 1. The third kappa shape index (κ3) is 4.03. The highest BCUT2D eigenvalue weighted by molar-refractivity contribution is 5.26. The van der Waals surface area contributed by atoms with E-state index in [9.17, 15) is 0 Å². The predicted octanol–water partition coefficient (Wildman–Crippen LogP) is 4.51. The molecule has 0 aliphatic carbocycles. The van der Waals surface area contributed by atoms with E-state index in [1.54, 1.807) is 6.08 Å². The van der Waals surface area contributed by atoms with Gasteiger partial charge in [-0.25, -0.2) is 0 Å². The van der Waals surface area contributed by atoms with E-state index < -0.39 is 0 Å². The fourth-order valence-corrected chi connectivity index (χ4v) is 2.05. The van der Waals surface area contributed by atoms with E-state index in [1.165, 1.54) is 5.57 Å². The third-order valence-corrected chi connectivity index (χ3v) is 2.77. The molecule has 1 rings (SSSR count). The van der Waals surface area contributed by atoms with Crippen molar-refractivity contribution in [3.63, 3.8) is 0 Å². The first-order chi connectivity index (χ1) is 8.16. The van der Waals surface area contributed by atoms with E-state index >= 15 is 0 Å². The van der Waals surface area contributed by atoms with Crippen molar-refractivity contribution in [2.24, 2.45) is 5.92 Å². The van der Waals surface area contributed by atoms with E-state index in [2.05, 4.69) is 44.5 Å². The number of pyridine rings is 1. The first kappa shape index (κ1) is 13.4. The molecular formula is C16H21N. The summed E-state index contributed by atoms with van der Waals surface area (Å²) < 4.78 is 0. The fraction of sp³-hybridized carbons (Fsp3) is 0.312. The molecular weight excluding hydrogens is 206 g/mol. The molecule has 0 aliphatic heterocycles. The molecule has 0 bridgehead atoms. The van der Waals surface area contributed by atoms with Crippen LogP contribution in [0.1, 0.15) is 32.4 Å². The molecule has 1 nitrogen and oxygen atoms in total. The molecule has 90 valence electrons. The van der Waals surface area contributed by atoms with Crippen molar-refractivity contribution >= 4 is 0 Å². The second kappa shape index (κ2) is 6.85. The largest absolute Gasteiger partial charge is 0.261 e. The molecule has 0 radical (unpaired) electrons. The second-order valence-corrected chi connectivity index (χ2v) is 4.51. The van der Waals surface area contributed by atoms with Crippen LogP contribution in [0.3, 0.4) is 0 Å². The van der Waals surface area contributed by atoms with Crippen LogP contribution in [-0.4, -0.2) is 4.98 Å². The minimum absolute atomic E-state index is 0.380. The molecule has 1 aromatic rings. The van der Waals surface area contributed by atoms with Crippen LogP contribution in [-0.2, 0) is 0 Å². The molecule has 0 aromatic carbocycles. The smallest absolute Gasteiger partial charge is 0.0477 e. The summed E-state index contributed by atoms with van der Waals surface area (Å²) in [6.07, 6.45) is 9.76. The molecule has 0 saturated carbocycles. The van der Waals surface area contributed by atoms with E-state index in [0.29, 0.717) is 11.8 Å². The van der Waals surface area contributed by atoms with Crippen LogP contribution in [0.2, 0.25) is 0 Å². The summed E-state index contributed by atoms with van der Waals surface area (Å²) in [6.45, 7) is 10.3. The van der Waals surface area contributed by atoms with E-state index in [-0.39, 0.29) is 0 Å². The first-order valence-corrected chi connectivity index (χ1v) is 6.03. The average molecular weight is 227 g/mol. The minimum Gasteiger partial charge on any atom is -0.261 e. The van der Waals surface area contributed by atoms with Gasteiger partial charge in [-0.05, 0) is 25.0 Å². The summed E-state index contributed by atoms with van der Waals surface area (Å²) in [6, 6.07) is 6.10. The zero-order valence-electron chi connectivity index (χ0n) is 10.9. The highest BCUT2D eigenvalue weighted by Gasteiger charge is 2.18. The highest BCUT2D eigenvalue weighted by Crippen LogP contribution is 2.29. The van der Waals surface area contributed by atoms with Gasteiger partial charge in [0.25, 0.3) is 0 Å². The van der Waals surface area contributed by atoms with Crippen molar-refractivity contribution in [1.82, 2.24) is 4.98 Å². The first-order valence-electron chi connectivity index (χ1n) is 6.03. The highest BCUT2D eigenvalue weighted by atomic mass is 14.7. The molecule has 0 fully saturated rings. The van der Waals surface area contributed by atoms with Gasteiger partial charge in [0.1, 0.15) is 0 Å². The Morgan fingerprint density at radius 1 is 1.29 bits per heavy atom. The molecule has 0 spiro atoms. The maximum Gasteiger partial charge on any atom is 0.0477 e. The van der Waals surface area contributed by atoms with Gasteiger partial charge >= 0.3 is 0 Å². The third-order valence-electron chi connectivity index (χ3n) is 2.77. The zero-order chi connectivity index (χ0) is 12.7. The Hall–Kier alpha value is -1.63. The number of rotatable bonds is 5. The molecule has 1 heterocycles. The molecule has 0 aliphatic rings. The Kier molecular flexibility index (Phi) is 5.41. The summed E-state index contributed by atoms with van der Waals surface area (Å²) in [5.41, 5.74) is 2.47. The minimum atomic E-state index is 0.380. The van der Waals surface area contributed by atoms with Gasteiger partial charge in [-0.1, -0.05) is 56.4 Å². The number of hydrogen-bond acceptors (Lipinski definition) is 1. The average Bonchev–Trinajstić information content (AvgIpc) is 2.30. The lowest BCUT2D eigenvalue weighted by atomic mass is 9.85. The summed E-state index contributed by atoms with van der Waals surface area (Å²) in [5, 5.41) is 0. The fourth-order valence-electron chi connectivity index (χ4n) is 2.05. The number of hydrogen-bond donors (Lipinski definition) is 0. The molecule has 1 unspecified atom stereocenters. The van der Waals surface area contributed by atoms with Crippen molar-refractivity contribution in [3.05, 3.63) is 66.5 Å². The quantitative estimate of drug-likeness (QED) is 0.674. The Morgan fingerprint density at radius 3 is 2.59 bits per heavy atom. The van der Waals surface area contributed by atoms with Crippen molar-refractivity contribution < 1.29 is 0 Å². The van der Waals surface area contributed by atoms with Crippen LogP contribution in [0.5, 0.6) is 0 Å². The lowest BCUT2D eigenvalue weighted by molar-refractivity contribution is 0.543. The Balaban J connectivity index is 2.98. The van der Waals surface area contributed by atoms with Crippen LogP contribution in [0, 0.1) is 5.92 Å². The molecule has 1 aromatic heterocycles. The molecule has 0 saturated heterocycles. The standard InChI is InChI=1S/C16H21N/c1-5-6-7-10-14(4)16(13(2)3)15-11-8-9-12-17-15/h5-13,16H,1H2,2-4H3/b7-6-,14-10+.